The van der Waals surface area contributed by atoms with Crippen molar-refractivity contribution in [3.63, 3.8) is 0 Å². The number of benzene rings is 2. The molecule has 0 aliphatic carbocycles. The minimum atomic E-state index is -4.49. The molecule has 0 bridgehead atoms. The summed E-state index contributed by atoms with van der Waals surface area (Å²) in [6, 6.07) is 10.8. The molecule has 0 radical (unpaired) electrons. The van der Waals surface area contributed by atoms with Gasteiger partial charge in [-0.3, -0.25) is 9.59 Å². The number of halogens is 3. The van der Waals surface area contributed by atoms with Crippen LogP contribution in [0.4, 0.5) is 24.5 Å². The third kappa shape index (κ3) is 7.70. The molecule has 0 spiro atoms. The number of rotatable bonds is 7. The van der Waals surface area contributed by atoms with Gasteiger partial charge in [-0.15, -0.1) is 11.8 Å². The molecule has 10 heteroatoms. The smallest absolute Gasteiger partial charge is 0.416 e. The molecule has 6 nitrogen and oxygen atoms in total. The van der Waals surface area contributed by atoms with Crippen molar-refractivity contribution >= 4 is 40.9 Å². The second kappa shape index (κ2) is 9.78. The molecule has 0 fully saturated rings. The van der Waals surface area contributed by atoms with Gasteiger partial charge in [0.05, 0.1) is 11.3 Å². The van der Waals surface area contributed by atoms with Crippen molar-refractivity contribution < 1.29 is 32.7 Å². The Labute approximate surface area is 167 Å². The van der Waals surface area contributed by atoms with Crippen LogP contribution < -0.4 is 10.6 Å². The Morgan fingerprint density at radius 3 is 2.28 bits per heavy atom. The van der Waals surface area contributed by atoms with Crippen molar-refractivity contribution in [3.8, 4) is 0 Å². The van der Waals surface area contributed by atoms with Crippen LogP contribution in [0.1, 0.15) is 5.56 Å². The van der Waals surface area contributed by atoms with E-state index in [1.807, 2.05) is 0 Å². The van der Waals surface area contributed by atoms with Gasteiger partial charge in [-0.05, 0) is 42.5 Å². The zero-order valence-corrected chi connectivity index (χ0v) is 15.5. The predicted molar refractivity (Wildman–Crippen MR) is 103 cm³/mol. The van der Waals surface area contributed by atoms with Crippen molar-refractivity contribution in [2.75, 3.05) is 16.4 Å². The molecule has 0 saturated heterocycles. The van der Waals surface area contributed by atoms with Crippen molar-refractivity contribution in [1.29, 1.82) is 0 Å². The fraction of sp³-hybridized carbons (Fsp3) is 0.105. The Morgan fingerprint density at radius 2 is 1.66 bits per heavy atom. The van der Waals surface area contributed by atoms with E-state index in [0.717, 1.165) is 30.0 Å². The molecule has 0 unspecified atom stereocenters. The summed E-state index contributed by atoms with van der Waals surface area (Å²) < 4.78 is 38.1. The van der Waals surface area contributed by atoms with Gasteiger partial charge in [0.2, 0.25) is 11.8 Å². The lowest BCUT2D eigenvalue weighted by Gasteiger charge is -2.10. The van der Waals surface area contributed by atoms with E-state index >= 15 is 0 Å². The number of anilines is 2. The number of carbonyl (C=O) groups is 3. The highest BCUT2D eigenvalue weighted by Crippen LogP contribution is 2.30. The van der Waals surface area contributed by atoms with Gasteiger partial charge in [-0.1, -0.05) is 6.07 Å². The number of aliphatic carboxylic acids is 1. The first kappa shape index (κ1) is 22.0. The van der Waals surface area contributed by atoms with Crippen LogP contribution in [0.15, 0.2) is 65.6 Å². The molecular weight excluding hydrogens is 409 g/mol. The maximum absolute atomic E-state index is 12.7. The second-order valence-corrected chi connectivity index (χ2v) is 6.65. The molecule has 2 aromatic rings. The summed E-state index contributed by atoms with van der Waals surface area (Å²) in [6.45, 7) is 0. The molecule has 152 valence electrons. The fourth-order valence-electron chi connectivity index (χ4n) is 2.08. The fourth-order valence-corrected chi connectivity index (χ4v) is 2.78. The minimum Gasteiger partial charge on any atom is -0.478 e. The molecule has 0 atom stereocenters. The van der Waals surface area contributed by atoms with Crippen LogP contribution in [0.25, 0.3) is 0 Å². The third-order valence-electron chi connectivity index (χ3n) is 3.34. The van der Waals surface area contributed by atoms with E-state index in [1.165, 1.54) is 12.1 Å². The number of carboxylic acid groups (broad SMARTS) is 1. The van der Waals surface area contributed by atoms with E-state index in [4.69, 9.17) is 5.11 Å². The standard InChI is InChI=1S/C19H15F3N2O4S/c20-19(21,22)12-2-1-3-14(10-12)24-17(26)11-29-15-6-4-13(5-7-15)23-16(25)8-9-18(27)28/h1-10H,11H2,(H,23,25)(H,24,26)(H,27,28)/b9-8+. The van der Waals surface area contributed by atoms with Gasteiger partial charge in [-0.2, -0.15) is 13.2 Å². The van der Waals surface area contributed by atoms with Crippen LogP contribution in [0, 0.1) is 0 Å². The lowest BCUT2D eigenvalue weighted by atomic mass is 10.2. The Morgan fingerprint density at radius 1 is 0.966 bits per heavy atom. The van der Waals surface area contributed by atoms with Crippen molar-refractivity contribution in [3.05, 3.63) is 66.2 Å². The van der Waals surface area contributed by atoms with Gasteiger partial charge >= 0.3 is 12.1 Å². The summed E-state index contributed by atoms with van der Waals surface area (Å²) in [4.78, 5) is 34.5. The van der Waals surface area contributed by atoms with E-state index in [9.17, 15) is 27.6 Å². The highest BCUT2D eigenvalue weighted by molar-refractivity contribution is 8.00. The highest BCUT2D eigenvalue weighted by atomic mass is 32.2. The van der Waals surface area contributed by atoms with Crippen LogP contribution in [-0.4, -0.2) is 28.6 Å². The maximum atomic E-state index is 12.7. The molecule has 2 aromatic carbocycles. The lowest BCUT2D eigenvalue weighted by Crippen LogP contribution is -2.15. The van der Waals surface area contributed by atoms with E-state index in [-0.39, 0.29) is 11.4 Å². The first-order chi connectivity index (χ1) is 13.6. The Kier molecular flexibility index (Phi) is 7.43. The average Bonchev–Trinajstić information content (AvgIpc) is 2.65. The molecule has 0 aromatic heterocycles. The number of amides is 2. The van der Waals surface area contributed by atoms with Gasteiger partial charge in [0.1, 0.15) is 0 Å². The summed E-state index contributed by atoms with van der Waals surface area (Å²) in [5.74, 6) is -2.34. The first-order valence-corrected chi connectivity index (χ1v) is 9.04. The molecule has 29 heavy (non-hydrogen) atoms. The van der Waals surface area contributed by atoms with Gasteiger partial charge in [0.15, 0.2) is 0 Å². The molecule has 0 aliphatic rings. The van der Waals surface area contributed by atoms with E-state index in [1.54, 1.807) is 24.3 Å². The first-order valence-electron chi connectivity index (χ1n) is 8.05. The highest BCUT2D eigenvalue weighted by Gasteiger charge is 2.30. The zero-order chi connectivity index (χ0) is 21.4. The summed E-state index contributed by atoms with van der Waals surface area (Å²) >= 11 is 1.16. The van der Waals surface area contributed by atoms with Crippen LogP contribution in [0.5, 0.6) is 0 Å². The molecular formula is C19H15F3N2O4S. The number of hydrogen-bond donors (Lipinski definition) is 3. The number of nitrogens with one attached hydrogen (secondary N) is 2. The number of thioether (sulfide) groups is 1. The third-order valence-corrected chi connectivity index (χ3v) is 4.35. The summed E-state index contributed by atoms with van der Waals surface area (Å²) in [7, 11) is 0. The molecule has 0 saturated carbocycles. The summed E-state index contributed by atoms with van der Waals surface area (Å²) in [6.07, 6.45) is -2.90. The largest absolute Gasteiger partial charge is 0.478 e. The molecule has 0 aliphatic heterocycles. The minimum absolute atomic E-state index is 0.0245. The van der Waals surface area contributed by atoms with Crippen molar-refractivity contribution in [2.24, 2.45) is 0 Å². The quantitative estimate of drug-likeness (QED) is 0.461. The monoisotopic (exact) mass is 424 g/mol. The molecule has 0 heterocycles. The van der Waals surface area contributed by atoms with Gasteiger partial charge < -0.3 is 15.7 Å². The van der Waals surface area contributed by atoms with E-state index in [2.05, 4.69) is 10.6 Å². The summed E-state index contributed by atoms with van der Waals surface area (Å²) in [5.41, 5.74) is -0.362. The van der Waals surface area contributed by atoms with Gasteiger partial charge in [-0.25, -0.2) is 4.79 Å². The second-order valence-electron chi connectivity index (χ2n) is 5.60. The van der Waals surface area contributed by atoms with Crippen molar-refractivity contribution in [1.82, 2.24) is 0 Å². The number of carboxylic acids is 1. The molecule has 2 rings (SSSR count). The SMILES string of the molecule is O=C(O)/C=C/C(=O)Nc1ccc(SCC(=O)Nc2cccc(C(F)(F)F)c2)cc1. The Hall–Kier alpha value is -3.27. The Balaban J connectivity index is 1.86. The van der Waals surface area contributed by atoms with Crippen LogP contribution in [-0.2, 0) is 20.6 Å². The maximum Gasteiger partial charge on any atom is 0.416 e. The van der Waals surface area contributed by atoms with Gasteiger partial charge in [0.25, 0.3) is 0 Å². The molecule has 2 amide bonds. The normalized spacial score (nSPS) is 11.3. The van der Waals surface area contributed by atoms with Gasteiger partial charge in [0, 0.05) is 28.4 Å². The Bertz CT molecular complexity index is 928. The number of hydrogen-bond acceptors (Lipinski definition) is 4. The lowest BCUT2D eigenvalue weighted by molar-refractivity contribution is -0.137. The topological polar surface area (TPSA) is 95.5 Å². The van der Waals surface area contributed by atoms with Crippen LogP contribution >= 0.6 is 11.8 Å². The van der Waals surface area contributed by atoms with Crippen LogP contribution in [0.2, 0.25) is 0 Å². The van der Waals surface area contributed by atoms with Crippen LogP contribution in [0.3, 0.4) is 0 Å². The zero-order valence-electron chi connectivity index (χ0n) is 14.7. The average molecular weight is 424 g/mol. The van der Waals surface area contributed by atoms with E-state index in [0.29, 0.717) is 16.7 Å². The van der Waals surface area contributed by atoms with Crippen molar-refractivity contribution in [2.45, 2.75) is 11.1 Å². The number of carbonyl (C=O) groups excluding carboxylic acids is 2. The predicted octanol–water partition coefficient (Wildman–Crippen LogP) is 4.02. The summed E-state index contributed by atoms with van der Waals surface area (Å²) in [5, 5.41) is 13.3. The van der Waals surface area contributed by atoms with E-state index < -0.39 is 29.5 Å². The molecule has 3 N–H and O–H groups in total. The number of alkyl halides is 3.